The van der Waals surface area contributed by atoms with Crippen LogP contribution in [0.2, 0.25) is 0 Å². The highest BCUT2D eigenvalue weighted by molar-refractivity contribution is 5.48. The molecule has 0 amide bonds. The fourth-order valence-electron chi connectivity index (χ4n) is 2.29. The summed E-state index contributed by atoms with van der Waals surface area (Å²) < 4.78 is 38.1. The van der Waals surface area contributed by atoms with Crippen molar-refractivity contribution in [3.63, 3.8) is 0 Å². The Labute approximate surface area is 143 Å². The van der Waals surface area contributed by atoms with Gasteiger partial charge in [0, 0.05) is 18.7 Å². The van der Waals surface area contributed by atoms with Crippen LogP contribution in [-0.2, 0) is 6.61 Å². The second-order valence-electron chi connectivity index (χ2n) is 5.59. The van der Waals surface area contributed by atoms with Gasteiger partial charge in [-0.3, -0.25) is 0 Å². The van der Waals surface area contributed by atoms with Crippen molar-refractivity contribution < 1.29 is 17.9 Å². The summed E-state index contributed by atoms with van der Waals surface area (Å²) in [6.07, 6.45) is 0. The lowest BCUT2D eigenvalue weighted by atomic mass is 10.2. The summed E-state index contributed by atoms with van der Waals surface area (Å²) in [6, 6.07) is 10.2. The van der Waals surface area contributed by atoms with Crippen LogP contribution in [0.4, 0.5) is 14.5 Å². The number of anilines is 1. The fraction of sp³-hybridized carbons (Fsp3) is 0.222. The number of nitrogens with one attached hydrogen (secondary N) is 1. The van der Waals surface area contributed by atoms with Crippen molar-refractivity contribution in [2.45, 2.75) is 26.5 Å². The predicted molar refractivity (Wildman–Crippen MR) is 88.2 cm³/mol. The van der Waals surface area contributed by atoms with E-state index >= 15 is 0 Å². The van der Waals surface area contributed by atoms with Gasteiger partial charge in [0.2, 0.25) is 11.8 Å². The van der Waals surface area contributed by atoms with Gasteiger partial charge in [0.25, 0.3) is 0 Å². The molecule has 0 fully saturated rings. The largest absolute Gasteiger partial charge is 0.486 e. The Balaban J connectivity index is 1.64. The molecule has 25 heavy (non-hydrogen) atoms. The minimum atomic E-state index is -0.518. The van der Waals surface area contributed by atoms with E-state index in [0.29, 0.717) is 23.0 Å². The molecule has 1 aromatic heterocycles. The summed E-state index contributed by atoms with van der Waals surface area (Å²) in [5.41, 5.74) is 1.18. The molecule has 0 spiro atoms. The summed E-state index contributed by atoms with van der Waals surface area (Å²) in [4.78, 5) is 0. The molecule has 0 radical (unpaired) electrons. The third-order valence-electron chi connectivity index (χ3n) is 3.51. The van der Waals surface area contributed by atoms with E-state index in [-0.39, 0.29) is 24.2 Å². The molecule has 0 aliphatic rings. The van der Waals surface area contributed by atoms with Crippen LogP contribution in [0.5, 0.6) is 5.75 Å². The molecule has 0 bridgehead atoms. The first-order chi connectivity index (χ1) is 12.0. The zero-order valence-electron chi connectivity index (χ0n) is 13.8. The highest BCUT2D eigenvalue weighted by atomic mass is 19.1. The Kier molecular flexibility index (Phi) is 4.92. The maximum absolute atomic E-state index is 14.2. The monoisotopic (exact) mass is 345 g/mol. The molecule has 0 saturated carbocycles. The molecule has 130 valence electrons. The first kappa shape index (κ1) is 16.9. The van der Waals surface area contributed by atoms with E-state index in [1.54, 1.807) is 25.1 Å². The summed E-state index contributed by atoms with van der Waals surface area (Å²) >= 11 is 0. The molecule has 1 heterocycles. The number of hydrogen-bond acceptors (Lipinski definition) is 5. The third kappa shape index (κ3) is 4.32. The van der Waals surface area contributed by atoms with Gasteiger partial charge in [0.15, 0.2) is 11.6 Å². The molecule has 1 N–H and O–H groups in total. The average Bonchev–Trinajstić information content (AvgIpc) is 3.01. The summed E-state index contributed by atoms with van der Waals surface area (Å²) in [6.45, 7) is 3.62. The van der Waals surface area contributed by atoms with Crippen LogP contribution < -0.4 is 10.1 Å². The van der Waals surface area contributed by atoms with Crippen LogP contribution in [0.1, 0.15) is 30.3 Å². The van der Waals surface area contributed by atoms with Crippen molar-refractivity contribution in [3.05, 3.63) is 71.4 Å². The van der Waals surface area contributed by atoms with Crippen LogP contribution in [-0.4, -0.2) is 10.2 Å². The predicted octanol–water partition coefficient (Wildman–Crippen LogP) is 4.41. The second-order valence-corrected chi connectivity index (χ2v) is 5.59. The lowest BCUT2D eigenvalue weighted by molar-refractivity contribution is 0.290. The van der Waals surface area contributed by atoms with E-state index < -0.39 is 5.82 Å². The number of ether oxygens (including phenoxy) is 1. The van der Waals surface area contributed by atoms with Gasteiger partial charge in [-0.25, -0.2) is 8.78 Å². The number of rotatable bonds is 6. The molecule has 7 heteroatoms. The van der Waals surface area contributed by atoms with E-state index in [1.807, 2.05) is 6.92 Å². The molecular formula is C18H17F2N3O2. The van der Waals surface area contributed by atoms with E-state index in [1.165, 1.54) is 24.3 Å². The Morgan fingerprint density at radius 3 is 2.68 bits per heavy atom. The van der Waals surface area contributed by atoms with Crippen molar-refractivity contribution in [3.8, 4) is 5.75 Å². The van der Waals surface area contributed by atoms with Crippen LogP contribution >= 0.6 is 0 Å². The zero-order chi connectivity index (χ0) is 17.8. The minimum Gasteiger partial charge on any atom is -0.486 e. The Morgan fingerprint density at radius 2 is 2.00 bits per heavy atom. The Hall–Kier alpha value is -2.96. The number of benzene rings is 2. The van der Waals surface area contributed by atoms with E-state index in [4.69, 9.17) is 9.15 Å². The van der Waals surface area contributed by atoms with Gasteiger partial charge in [-0.15, -0.1) is 10.2 Å². The topological polar surface area (TPSA) is 60.2 Å². The van der Waals surface area contributed by atoms with Crippen LogP contribution in [0.25, 0.3) is 0 Å². The lowest BCUT2D eigenvalue weighted by Crippen LogP contribution is -2.07. The van der Waals surface area contributed by atoms with Gasteiger partial charge < -0.3 is 14.5 Å². The van der Waals surface area contributed by atoms with Crippen LogP contribution in [0.15, 0.2) is 46.9 Å². The van der Waals surface area contributed by atoms with Crippen molar-refractivity contribution in [1.29, 1.82) is 0 Å². The normalized spacial score (nSPS) is 12.0. The lowest BCUT2D eigenvalue weighted by Gasteiger charge is -2.13. The Bertz CT molecular complexity index is 867. The van der Waals surface area contributed by atoms with E-state index in [9.17, 15) is 8.78 Å². The number of halogens is 2. The third-order valence-corrected chi connectivity index (χ3v) is 3.51. The van der Waals surface area contributed by atoms with Crippen LogP contribution in [0.3, 0.4) is 0 Å². The summed E-state index contributed by atoms with van der Waals surface area (Å²) in [7, 11) is 0. The summed E-state index contributed by atoms with van der Waals surface area (Å²) in [5, 5.41) is 10.8. The maximum Gasteiger partial charge on any atom is 0.238 e. The molecular weight excluding hydrogens is 328 g/mol. The zero-order valence-corrected chi connectivity index (χ0v) is 13.8. The first-order valence-electron chi connectivity index (χ1n) is 7.74. The Morgan fingerprint density at radius 1 is 1.16 bits per heavy atom. The molecule has 0 aliphatic heterocycles. The number of nitrogens with zero attached hydrogens (tertiary/aromatic N) is 2. The molecule has 0 saturated heterocycles. The van der Waals surface area contributed by atoms with Gasteiger partial charge in [-0.2, -0.15) is 0 Å². The van der Waals surface area contributed by atoms with Gasteiger partial charge in [0.05, 0.1) is 0 Å². The molecule has 3 aromatic rings. The quantitative estimate of drug-likeness (QED) is 0.717. The molecule has 5 nitrogen and oxygen atoms in total. The number of hydrogen-bond donors (Lipinski definition) is 1. The van der Waals surface area contributed by atoms with Crippen molar-refractivity contribution in [1.82, 2.24) is 10.2 Å². The van der Waals surface area contributed by atoms with Gasteiger partial charge in [-0.1, -0.05) is 12.1 Å². The van der Waals surface area contributed by atoms with Gasteiger partial charge in [-0.05, 0) is 36.8 Å². The first-order valence-corrected chi connectivity index (χ1v) is 7.74. The smallest absolute Gasteiger partial charge is 0.238 e. The minimum absolute atomic E-state index is 0.0825. The van der Waals surface area contributed by atoms with Gasteiger partial charge >= 0.3 is 0 Å². The highest BCUT2D eigenvalue weighted by Crippen LogP contribution is 2.25. The molecule has 2 aromatic carbocycles. The van der Waals surface area contributed by atoms with Crippen LogP contribution in [0, 0.1) is 18.6 Å². The molecule has 0 aliphatic carbocycles. The van der Waals surface area contributed by atoms with Gasteiger partial charge in [0.1, 0.15) is 18.5 Å². The second kappa shape index (κ2) is 7.29. The number of aromatic nitrogens is 2. The fourth-order valence-corrected chi connectivity index (χ4v) is 2.29. The van der Waals surface area contributed by atoms with Crippen molar-refractivity contribution >= 4 is 5.69 Å². The van der Waals surface area contributed by atoms with Crippen molar-refractivity contribution in [2.75, 3.05) is 5.32 Å². The average molecular weight is 345 g/mol. The molecule has 3 rings (SSSR count). The maximum atomic E-state index is 14.2. The summed E-state index contributed by atoms with van der Waals surface area (Å²) in [5.74, 6) is 0.109. The molecule has 1 atom stereocenters. The highest BCUT2D eigenvalue weighted by Gasteiger charge is 2.13. The standard InChI is InChI=1S/C18H17F2N3O2/c1-11(18-23-22-12(2)25-18)21-15-6-7-17(16(20)9-15)24-10-13-4-3-5-14(19)8-13/h3-9,11,21H,10H2,1-2H3. The SMILES string of the molecule is Cc1nnc(C(C)Nc2ccc(OCc3cccc(F)c3)c(F)c2)o1. The van der Waals surface area contributed by atoms with E-state index in [0.717, 1.165) is 0 Å². The van der Waals surface area contributed by atoms with Crippen molar-refractivity contribution in [2.24, 2.45) is 0 Å². The molecule has 1 unspecified atom stereocenters. The van der Waals surface area contributed by atoms with E-state index in [2.05, 4.69) is 15.5 Å². The number of aryl methyl sites for hydroxylation is 1.